The smallest absolute Gasteiger partial charge is 0.339 e. The van der Waals surface area contributed by atoms with E-state index in [0.717, 1.165) is 0 Å². The molecule has 1 N–H and O–H groups in total. The second-order valence-corrected chi connectivity index (χ2v) is 5.27. The first-order valence-corrected chi connectivity index (χ1v) is 7.37. The molecule has 1 aliphatic rings. The fraction of sp³-hybridized carbons (Fsp3) is 0.167. The number of nitrogens with one attached hydrogen (secondary N) is 1. The van der Waals surface area contributed by atoms with Crippen molar-refractivity contribution in [2.24, 2.45) is 0 Å². The minimum Gasteiger partial charge on any atom is -0.465 e. The lowest BCUT2D eigenvalue weighted by atomic mass is 10.0. The van der Waals surface area contributed by atoms with E-state index in [4.69, 9.17) is 9.47 Å². The Morgan fingerprint density at radius 3 is 2.62 bits per heavy atom. The standard InChI is InChI=1S/C18H15NO5/c1-23-17(21)13-8-4-5-9-14(13)19-16(20)10-15-11-6-2-3-7-12(11)18(22)24-15/h2-9,15H,10H2,1H3,(H,19,20)/t15-/m1/s1. The second-order valence-electron chi connectivity index (χ2n) is 5.27. The number of carbonyl (C=O) groups is 3. The van der Waals surface area contributed by atoms with Crippen LogP contribution in [-0.2, 0) is 14.3 Å². The Morgan fingerprint density at radius 2 is 1.83 bits per heavy atom. The normalized spacial score (nSPS) is 15.4. The van der Waals surface area contributed by atoms with Crippen molar-refractivity contribution in [3.8, 4) is 0 Å². The molecular weight excluding hydrogens is 310 g/mol. The van der Waals surface area contributed by atoms with Crippen molar-refractivity contribution in [3.05, 3.63) is 65.2 Å². The summed E-state index contributed by atoms with van der Waals surface area (Å²) in [5.74, 6) is -1.33. The summed E-state index contributed by atoms with van der Waals surface area (Å²) >= 11 is 0. The predicted molar refractivity (Wildman–Crippen MR) is 85.6 cm³/mol. The molecule has 3 rings (SSSR count). The van der Waals surface area contributed by atoms with Gasteiger partial charge < -0.3 is 14.8 Å². The van der Waals surface area contributed by atoms with Crippen molar-refractivity contribution in [2.45, 2.75) is 12.5 Å². The lowest BCUT2D eigenvalue weighted by Gasteiger charge is -2.13. The number of ether oxygens (including phenoxy) is 2. The molecule has 1 heterocycles. The summed E-state index contributed by atoms with van der Waals surface area (Å²) in [4.78, 5) is 35.8. The number of amides is 1. The van der Waals surface area contributed by atoms with Crippen LogP contribution in [0.25, 0.3) is 0 Å². The first kappa shape index (κ1) is 15.7. The molecule has 0 spiro atoms. The highest BCUT2D eigenvalue weighted by molar-refractivity contribution is 6.02. The topological polar surface area (TPSA) is 81.7 Å². The number of anilines is 1. The van der Waals surface area contributed by atoms with Gasteiger partial charge in [-0.3, -0.25) is 4.79 Å². The first-order valence-electron chi connectivity index (χ1n) is 7.37. The maximum absolute atomic E-state index is 12.3. The molecule has 0 saturated heterocycles. The number of hydrogen-bond donors (Lipinski definition) is 1. The summed E-state index contributed by atoms with van der Waals surface area (Å²) in [6, 6.07) is 13.5. The quantitative estimate of drug-likeness (QED) is 0.874. The molecule has 2 aromatic rings. The SMILES string of the molecule is COC(=O)c1ccccc1NC(=O)C[C@H]1OC(=O)c2ccccc21. The van der Waals surface area contributed by atoms with Crippen molar-refractivity contribution in [2.75, 3.05) is 12.4 Å². The number of rotatable bonds is 4. The molecule has 2 aromatic carbocycles. The Kier molecular flexibility index (Phi) is 4.29. The molecule has 6 heteroatoms. The molecule has 1 amide bonds. The van der Waals surface area contributed by atoms with E-state index in [1.165, 1.54) is 7.11 Å². The molecule has 6 nitrogen and oxygen atoms in total. The monoisotopic (exact) mass is 325 g/mol. The highest BCUT2D eigenvalue weighted by atomic mass is 16.5. The van der Waals surface area contributed by atoms with E-state index in [1.807, 2.05) is 0 Å². The van der Waals surface area contributed by atoms with Gasteiger partial charge in [-0.2, -0.15) is 0 Å². The zero-order valence-electron chi connectivity index (χ0n) is 12.9. The minimum atomic E-state index is -0.626. The van der Waals surface area contributed by atoms with Crippen molar-refractivity contribution in [3.63, 3.8) is 0 Å². The van der Waals surface area contributed by atoms with Gasteiger partial charge in [-0.25, -0.2) is 9.59 Å². The predicted octanol–water partition coefficient (Wildman–Crippen LogP) is 2.71. The van der Waals surface area contributed by atoms with Crippen molar-refractivity contribution in [1.82, 2.24) is 0 Å². The van der Waals surface area contributed by atoms with E-state index in [-0.39, 0.29) is 17.9 Å². The van der Waals surface area contributed by atoms with Crippen LogP contribution in [0.4, 0.5) is 5.69 Å². The Balaban J connectivity index is 1.74. The fourth-order valence-corrected chi connectivity index (χ4v) is 2.62. The third-order valence-corrected chi connectivity index (χ3v) is 3.75. The lowest BCUT2D eigenvalue weighted by molar-refractivity contribution is -0.118. The van der Waals surface area contributed by atoms with Crippen LogP contribution < -0.4 is 5.32 Å². The Labute approximate surface area is 138 Å². The molecule has 122 valence electrons. The molecule has 0 radical (unpaired) electrons. The van der Waals surface area contributed by atoms with Crippen LogP contribution in [0.1, 0.15) is 38.8 Å². The van der Waals surface area contributed by atoms with Crippen LogP contribution >= 0.6 is 0 Å². The highest BCUT2D eigenvalue weighted by Gasteiger charge is 2.32. The van der Waals surface area contributed by atoms with Gasteiger partial charge in [0.15, 0.2) is 0 Å². The molecule has 0 aliphatic carbocycles. The maximum atomic E-state index is 12.3. The van der Waals surface area contributed by atoms with Gasteiger partial charge in [-0.05, 0) is 18.2 Å². The van der Waals surface area contributed by atoms with Gasteiger partial charge in [0.25, 0.3) is 0 Å². The number of para-hydroxylation sites is 1. The van der Waals surface area contributed by atoms with Gasteiger partial charge in [-0.1, -0.05) is 30.3 Å². The molecule has 0 bridgehead atoms. The van der Waals surface area contributed by atoms with E-state index in [9.17, 15) is 14.4 Å². The number of fused-ring (bicyclic) bond motifs is 1. The number of benzene rings is 2. The van der Waals surface area contributed by atoms with Crippen molar-refractivity contribution >= 4 is 23.5 Å². The third kappa shape index (κ3) is 2.99. The molecule has 0 fully saturated rings. The minimum absolute atomic E-state index is 0.0295. The number of carbonyl (C=O) groups excluding carboxylic acids is 3. The number of methoxy groups -OCH3 is 1. The molecule has 0 saturated carbocycles. The number of esters is 2. The summed E-state index contributed by atoms with van der Waals surface area (Å²) in [7, 11) is 1.27. The molecule has 1 atom stereocenters. The fourth-order valence-electron chi connectivity index (χ4n) is 2.62. The summed E-state index contributed by atoms with van der Waals surface area (Å²) in [6.45, 7) is 0. The van der Waals surface area contributed by atoms with E-state index >= 15 is 0 Å². The Bertz CT molecular complexity index is 815. The van der Waals surface area contributed by atoms with Gasteiger partial charge in [0.1, 0.15) is 6.10 Å². The second kappa shape index (κ2) is 6.54. The number of hydrogen-bond acceptors (Lipinski definition) is 5. The Hall–Kier alpha value is -3.15. The highest BCUT2D eigenvalue weighted by Crippen LogP contribution is 2.33. The van der Waals surface area contributed by atoms with Crippen LogP contribution in [0.5, 0.6) is 0 Å². The molecule has 0 aromatic heterocycles. The largest absolute Gasteiger partial charge is 0.465 e. The van der Waals surface area contributed by atoms with Crippen LogP contribution in [0.15, 0.2) is 48.5 Å². The zero-order chi connectivity index (χ0) is 17.1. The van der Waals surface area contributed by atoms with Gasteiger partial charge in [0.05, 0.1) is 30.3 Å². The summed E-state index contributed by atoms with van der Waals surface area (Å²) in [5, 5.41) is 2.67. The van der Waals surface area contributed by atoms with Gasteiger partial charge in [0, 0.05) is 5.56 Å². The molecular formula is C18H15NO5. The maximum Gasteiger partial charge on any atom is 0.339 e. The summed E-state index contributed by atoms with van der Waals surface area (Å²) < 4.78 is 9.94. The van der Waals surface area contributed by atoms with Crippen LogP contribution in [0.2, 0.25) is 0 Å². The molecule has 1 aliphatic heterocycles. The van der Waals surface area contributed by atoms with Gasteiger partial charge >= 0.3 is 11.9 Å². The average molecular weight is 325 g/mol. The summed E-state index contributed by atoms with van der Waals surface area (Å²) in [6.07, 6.45) is -0.655. The van der Waals surface area contributed by atoms with E-state index < -0.39 is 18.0 Å². The van der Waals surface area contributed by atoms with Gasteiger partial charge in [-0.15, -0.1) is 0 Å². The van der Waals surface area contributed by atoms with Crippen LogP contribution in [-0.4, -0.2) is 25.0 Å². The number of cyclic esters (lactones) is 1. The van der Waals surface area contributed by atoms with Crippen LogP contribution in [0, 0.1) is 0 Å². The average Bonchev–Trinajstić information content (AvgIpc) is 2.91. The van der Waals surface area contributed by atoms with Crippen molar-refractivity contribution in [1.29, 1.82) is 0 Å². The molecule has 24 heavy (non-hydrogen) atoms. The van der Waals surface area contributed by atoms with E-state index in [2.05, 4.69) is 5.32 Å². The van der Waals surface area contributed by atoms with Gasteiger partial charge in [0.2, 0.25) is 5.91 Å². The third-order valence-electron chi connectivity index (χ3n) is 3.75. The van der Waals surface area contributed by atoms with Crippen molar-refractivity contribution < 1.29 is 23.9 Å². The lowest BCUT2D eigenvalue weighted by Crippen LogP contribution is -2.18. The van der Waals surface area contributed by atoms with Crippen LogP contribution in [0.3, 0.4) is 0 Å². The Morgan fingerprint density at radius 1 is 1.12 bits per heavy atom. The first-order chi connectivity index (χ1) is 11.6. The van der Waals surface area contributed by atoms with E-state index in [0.29, 0.717) is 16.8 Å². The molecule has 0 unspecified atom stereocenters. The van der Waals surface area contributed by atoms with E-state index in [1.54, 1.807) is 48.5 Å². The zero-order valence-corrected chi connectivity index (χ0v) is 12.9. The summed E-state index contributed by atoms with van der Waals surface area (Å²) in [5.41, 5.74) is 1.79.